The Kier molecular flexibility index (Phi) is 9.07. The fraction of sp³-hybridized carbons (Fsp3) is 0.0909. The number of rotatable bonds is 7. The first-order chi connectivity index (χ1) is 15.3. The number of methoxy groups -OCH3 is 1. The lowest BCUT2D eigenvalue weighted by Gasteiger charge is -2.12. The second-order valence-corrected chi connectivity index (χ2v) is 9.65. The standard InChI is InChI=1S/C22H15BrCl3IN2O3/c1-31-20-8-13(3-5-19(20)27)22(30)29-28-10-12-6-16(23)21(18(26)7-12)32-11-14-2-4-15(24)9-17(14)25/h2-10H,11H2,1H3,(H,29,30)/b28-10-. The second kappa shape index (κ2) is 11.6. The zero-order valence-corrected chi connectivity index (χ0v) is 22.5. The molecule has 0 aromatic heterocycles. The molecule has 32 heavy (non-hydrogen) atoms. The number of amides is 1. The summed E-state index contributed by atoms with van der Waals surface area (Å²) >= 11 is 24.1. The molecule has 3 rings (SSSR count). The normalized spacial score (nSPS) is 10.9. The van der Waals surface area contributed by atoms with E-state index in [0.717, 1.165) is 9.13 Å². The molecule has 0 aliphatic heterocycles. The number of carbonyl (C=O) groups is 1. The van der Waals surface area contributed by atoms with E-state index < -0.39 is 0 Å². The Morgan fingerprint density at radius 2 is 1.91 bits per heavy atom. The lowest BCUT2D eigenvalue weighted by molar-refractivity contribution is 0.0954. The van der Waals surface area contributed by atoms with E-state index in [4.69, 9.17) is 44.3 Å². The van der Waals surface area contributed by atoms with Crippen molar-refractivity contribution in [1.29, 1.82) is 0 Å². The van der Waals surface area contributed by atoms with Gasteiger partial charge in [0.15, 0.2) is 5.75 Å². The lowest BCUT2D eigenvalue weighted by Crippen LogP contribution is -2.17. The molecule has 10 heteroatoms. The molecular formula is C22H15BrCl3IN2O3. The molecule has 0 saturated heterocycles. The summed E-state index contributed by atoms with van der Waals surface area (Å²) in [6.45, 7) is 0.220. The van der Waals surface area contributed by atoms with Crippen molar-refractivity contribution in [2.45, 2.75) is 6.61 Å². The van der Waals surface area contributed by atoms with Crippen LogP contribution in [0.15, 0.2) is 58.1 Å². The van der Waals surface area contributed by atoms with E-state index in [-0.39, 0.29) is 12.5 Å². The number of hydrogen-bond donors (Lipinski definition) is 1. The summed E-state index contributed by atoms with van der Waals surface area (Å²) in [5.74, 6) is 0.721. The second-order valence-electron chi connectivity index (χ2n) is 6.39. The van der Waals surface area contributed by atoms with Gasteiger partial charge in [0.25, 0.3) is 5.91 Å². The van der Waals surface area contributed by atoms with Crippen molar-refractivity contribution in [2.75, 3.05) is 7.11 Å². The average Bonchev–Trinajstić information content (AvgIpc) is 2.74. The van der Waals surface area contributed by atoms with Crippen LogP contribution in [0.25, 0.3) is 0 Å². The van der Waals surface area contributed by atoms with Crippen LogP contribution in [0.1, 0.15) is 21.5 Å². The first-order valence-electron chi connectivity index (χ1n) is 9.01. The monoisotopic (exact) mass is 666 g/mol. The van der Waals surface area contributed by atoms with Crippen LogP contribution in [0.4, 0.5) is 0 Å². The Morgan fingerprint density at radius 3 is 2.59 bits per heavy atom. The van der Waals surface area contributed by atoms with Crippen LogP contribution in [0, 0.1) is 3.57 Å². The van der Waals surface area contributed by atoms with Gasteiger partial charge in [0.05, 0.1) is 26.4 Å². The smallest absolute Gasteiger partial charge is 0.271 e. The predicted octanol–water partition coefficient (Wildman–Crippen LogP) is 7.37. The van der Waals surface area contributed by atoms with Gasteiger partial charge in [-0.15, -0.1) is 0 Å². The molecular weight excluding hydrogens is 653 g/mol. The molecule has 166 valence electrons. The molecule has 0 saturated carbocycles. The summed E-state index contributed by atoms with van der Waals surface area (Å²) in [7, 11) is 1.55. The highest BCUT2D eigenvalue weighted by atomic mass is 127. The van der Waals surface area contributed by atoms with Crippen molar-refractivity contribution in [2.24, 2.45) is 5.10 Å². The van der Waals surface area contributed by atoms with Gasteiger partial charge in [0.2, 0.25) is 0 Å². The van der Waals surface area contributed by atoms with Crippen LogP contribution in [-0.4, -0.2) is 19.2 Å². The molecule has 0 atom stereocenters. The largest absolute Gasteiger partial charge is 0.496 e. The highest BCUT2D eigenvalue weighted by molar-refractivity contribution is 14.1. The van der Waals surface area contributed by atoms with Gasteiger partial charge in [-0.3, -0.25) is 4.79 Å². The maximum Gasteiger partial charge on any atom is 0.271 e. The van der Waals surface area contributed by atoms with Crippen molar-refractivity contribution >= 4 is 85.4 Å². The molecule has 0 radical (unpaired) electrons. The minimum Gasteiger partial charge on any atom is -0.496 e. The minimum atomic E-state index is -0.360. The third kappa shape index (κ3) is 6.51. The highest BCUT2D eigenvalue weighted by Gasteiger charge is 2.11. The van der Waals surface area contributed by atoms with E-state index in [1.165, 1.54) is 6.21 Å². The molecule has 3 aromatic rings. The lowest BCUT2D eigenvalue weighted by atomic mass is 10.2. The molecule has 0 spiro atoms. The number of benzene rings is 3. The third-order valence-electron chi connectivity index (χ3n) is 4.20. The average molecular weight is 669 g/mol. The summed E-state index contributed by atoms with van der Waals surface area (Å²) in [5.41, 5.74) is 4.36. The van der Waals surface area contributed by atoms with Crippen LogP contribution in [0.2, 0.25) is 15.1 Å². The minimum absolute atomic E-state index is 0.220. The number of carbonyl (C=O) groups excluding carboxylic acids is 1. The number of halogens is 5. The fourth-order valence-corrected chi connectivity index (χ4v) is 4.62. The SMILES string of the molecule is COc1cc(C(=O)N/N=C\c2cc(Cl)c(OCc3ccc(Cl)cc3Cl)c(Br)c2)ccc1I. The van der Waals surface area contributed by atoms with Gasteiger partial charge in [-0.1, -0.05) is 40.9 Å². The maximum atomic E-state index is 12.3. The predicted molar refractivity (Wildman–Crippen MR) is 141 cm³/mol. The Bertz CT molecular complexity index is 1170. The molecule has 0 bridgehead atoms. The maximum absolute atomic E-state index is 12.3. The van der Waals surface area contributed by atoms with E-state index in [0.29, 0.717) is 42.2 Å². The van der Waals surface area contributed by atoms with Gasteiger partial charge >= 0.3 is 0 Å². The van der Waals surface area contributed by atoms with Crippen molar-refractivity contribution < 1.29 is 14.3 Å². The molecule has 3 aromatic carbocycles. The third-order valence-corrected chi connectivity index (χ3v) is 6.55. The molecule has 0 aliphatic rings. The van der Waals surface area contributed by atoms with Crippen molar-refractivity contribution in [1.82, 2.24) is 5.43 Å². The Labute approximate surface area is 222 Å². The molecule has 0 aliphatic carbocycles. The van der Waals surface area contributed by atoms with Gasteiger partial charge < -0.3 is 9.47 Å². The fourth-order valence-electron chi connectivity index (χ4n) is 2.61. The van der Waals surface area contributed by atoms with Crippen LogP contribution in [-0.2, 0) is 6.61 Å². The number of hydrogen-bond acceptors (Lipinski definition) is 4. The molecule has 0 fully saturated rings. The van der Waals surface area contributed by atoms with Gasteiger partial charge in [-0.25, -0.2) is 5.43 Å². The van der Waals surface area contributed by atoms with Crippen LogP contribution in [0.3, 0.4) is 0 Å². The van der Waals surface area contributed by atoms with Gasteiger partial charge in [0.1, 0.15) is 12.4 Å². The van der Waals surface area contributed by atoms with Crippen molar-refractivity contribution in [3.63, 3.8) is 0 Å². The molecule has 0 unspecified atom stereocenters. The van der Waals surface area contributed by atoms with Crippen LogP contribution in [0.5, 0.6) is 11.5 Å². The number of nitrogens with zero attached hydrogens (tertiary/aromatic N) is 1. The van der Waals surface area contributed by atoms with Gasteiger partial charge in [0, 0.05) is 21.2 Å². The number of nitrogens with one attached hydrogen (secondary N) is 1. The van der Waals surface area contributed by atoms with Crippen molar-refractivity contribution in [3.8, 4) is 11.5 Å². The Morgan fingerprint density at radius 1 is 1.12 bits per heavy atom. The van der Waals surface area contributed by atoms with Crippen molar-refractivity contribution in [3.05, 3.63) is 88.3 Å². The summed E-state index contributed by atoms with van der Waals surface area (Å²) < 4.78 is 12.6. The summed E-state index contributed by atoms with van der Waals surface area (Å²) in [4.78, 5) is 12.3. The zero-order valence-electron chi connectivity index (χ0n) is 16.5. The first-order valence-corrected chi connectivity index (χ1v) is 12.0. The Hall–Kier alpha value is -1.52. The molecule has 0 heterocycles. The van der Waals surface area contributed by atoms with Crippen LogP contribution < -0.4 is 14.9 Å². The van der Waals surface area contributed by atoms with E-state index in [9.17, 15) is 4.79 Å². The van der Waals surface area contributed by atoms with E-state index in [1.807, 2.05) is 0 Å². The van der Waals surface area contributed by atoms with Gasteiger partial charge in [-0.05, 0) is 86.5 Å². The van der Waals surface area contributed by atoms with E-state index in [2.05, 4.69) is 49.0 Å². The van der Waals surface area contributed by atoms with Crippen LogP contribution >= 0.6 is 73.3 Å². The quantitative estimate of drug-likeness (QED) is 0.163. The van der Waals surface area contributed by atoms with E-state index in [1.54, 1.807) is 55.6 Å². The van der Waals surface area contributed by atoms with E-state index >= 15 is 0 Å². The zero-order chi connectivity index (χ0) is 23.3. The Balaban J connectivity index is 1.66. The molecule has 1 N–H and O–H groups in total. The number of hydrazone groups is 1. The summed E-state index contributed by atoms with van der Waals surface area (Å²) in [5, 5.41) is 5.44. The summed E-state index contributed by atoms with van der Waals surface area (Å²) in [6, 6.07) is 13.8. The highest BCUT2D eigenvalue weighted by Crippen LogP contribution is 2.35. The molecule has 1 amide bonds. The first kappa shape index (κ1) is 25.1. The molecule has 5 nitrogen and oxygen atoms in total. The number of ether oxygens (including phenoxy) is 2. The summed E-state index contributed by atoms with van der Waals surface area (Å²) in [6.07, 6.45) is 1.48. The van der Waals surface area contributed by atoms with Gasteiger partial charge in [-0.2, -0.15) is 5.10 Å². The topological polar surface area (TPSA) is 59.9 Å².